The van der Waals surface area contributed by atoms with Crippen molar-refractivity contribution in [3.05, 3.63) is 66.0 Å². The van der Waals surface area contributed by atoms with Crippen LogP contribution in [0.1, 0.15) is 25.5 Å². The predicted octanol–water partition coefficient (Wildman–Crippen LogP) is 2.98. The molecule has 1 amide bonds. The van der Waals surface area contributed by atoms with Crippen molar-refractivity contribution >= 4 is 11.9 Å². The third-order valence-corrected chi connectivity index (χ3v) is 4.25. The van der Waals surface area contributed by atoms with Gasteiger partial charge in [-0.15, -0.1) is 0 Å². The van der Waals surface area contributed by atoms with E-state index in [1.807, 2.05) is 44.2 Å². The number of para-hydroxylation sites is 1. The van der Waals surface area contributed by atoms with Gasteiger partial charge in [-0.25, -0.2) is 9.38 Å². The average molecular weight is 400 g/mol. The summed E-state index contributed by atoms with van der Waals surface area (Å²) in [7, 11) is 3.38. The fourth-order valence-corrected chi connectivity index (χ4v) is 2.51. The average Bonchev–Trinajstić information content (AvgIpc) is 2.71. The Hall–Kier alpha value is -3.09. The van der Waals surface area contributed by atoms with E-state index in [0.29, 0.717) is 12.5 Å². The van der Waals surface area contributed by atoms with Crippen LogP contribution in [-0.2, 0) is 4.79 Å². The monoisotopic (exact) mass is 400 g/mol. The topological polar surface area (TPSA) is 66.0 Å². The van der Waals surface area contributed by atoms with Crippen LogP contribution in [0, 0.1) is 5.82 Å². The van der Waals surface area contributed by atoms with Crippen molar-refractivity contribution in [3.63, 3.8) is 0 Å². The molecule has 0 aliphatic rings. The molecular formula is C22H29FN4O2. The molecule has 2 aromatic carbocycles. The minimum absolute atomic E-state index is 0.0142. The molecule has 6 nitrogen and oxygen atoms in total. The zero-order valence-corrected chi connectivity index (χ0v) is 17.4. The van der Waals surface area contributed by atoms with Gasteiger partial charge in [-0.3, -0.25) is 4.79 Å². The Morgan fingerprint density at radius 2 is 1.76 bits per heavy atom. The van der Waals surface area contributed by atoms with Crippen LogP contribution in [0.5, 0.6) is 5.75 Å². The lowest BCUT2D eigenvalue weighted by atomic mass is 10.1. The second-order valence-electron chi connectivity index (χ2n) is 6.97. The van der Waals surface area contributed by atoms with Gasteiger partial charge >= 0.3 is 0 Å². The van der Waals surface area contributed by atoms with Gasteiger partial charge in [-0.2, -0.15) is 0 Å². The second kappa shape index (κ2) is 11.0. The van der Waals surface area contributed by atoms with Crippen molar-refractivity contribution in [1.29, 1.82) is 0 Å². The quantitative estimate of drug-likeness (QED) is 0.528. The lowest BCUT2D eigenvalue weighted by Crippen LogP contribution is -2.43. The number of carbonyl (C=O) groups is 1. The fraction of sp³-hybridized carbons (Fsp3) is 0.364. The molecule has 0 aliphatic heterocycles. The molecule has 156 valence electrons. The van der Waals surface area contributed by atoms with Crippen molar-refractivity contribution in [2.24, 2.45) is 4.99 Å². The highest BCUT2D eigenvalue weighted by atomic mass is 19.1. The highest BCUT2D eigenvalue weighted by Crippen LogP contribution is 2.16. The van der Waals surface area contributed by atoms with Gasteiger partial charge in [0.05, 0.1) is 12.6 Å². The van der Waals surface area contributed by atoms with E-state index >= 15 is 0 Å². The Labute approximate surface area is 171 Å². The summed E-state index contributed by atoms with van der Waals surface area (Å²) in [6.45, 7) is 4.26. The summed E-state index contributed by atoms with van der Waals surface area (Å²) in [5.41, 5.74) is 1.09. The smallest absolute Gasteiger partial charge is 0.243 e. The van der Waals surface area contributed by atoms with Crippen LogP contribution >= 0.6 is 0 Å². The molecule has 2 N–H and O–H groups in total. The van der Waals surface area contributed by atoms with Gasteiger partial charge in [0.1, 0.15) is 12.6 Å². The maximum Gasteiger partial charge on any atom is 0.243 e. The van der Waals surface area contributed by atoms with Gasteiger partial charge in [-0.05, 0) is 31.5 Å². The summed E-state index contributed by atoms with van der Waals surface area (Å²) in [6, 6.07) is 16.2. The number of nitrogens with zero attached hydrogens (tertiary/aromatic N) is 2. The zero-order valence-electron chi connectivity index (χ0n) is 17.4. The summed E-state index contributed by atoms with van der Waals surface area (Å²) in [4.78, 5) is 17.8. The number of carbonyl (C=O) groups excluding carboxylic acids is 1. The molecule has 2 aromatic rings. The van der Waals surface area contributed by atoms with Gasteiger partial charge in [0, 0.05) is 14.1 Å². The Morgan fingerprint density at radius 3 is 2.41 bits per heavy atom. The number of amides is 1. The Bertz CT molecular complexity index is 811. The first-order valence-electron chi connectivity index (χ1n) is 9.58. The third-order valence-electron chi connectivity index (χ3n) is 4.25. The largest absolute Gasteiger partial charge is 0.486 e. The van der Waals surface area contributed by atoms with Gasteiger partial charge in [0.2, 0.25) is 5.91 Å². The molecule has 2 unspecified atom stereocenters. The van der Waals surface area contributed by atoms with E-state index in [0.717, 1.165) is 5.56 Å². The SMILES string of the molecule is CC(CNC(=NCC(=O)N(C)C)NC(C)c1ccccc1)Oc1ccccc1F. The first kappa shape index (κ1) is 22.2. The number of benzene rings is 2. The number of aliphatic imine (C=N–C) groups is 1. The van der Waals surface area contributed by atoms with E-state index in [1.165, 1.54) is 11.0 Å². The van der Waals surface area contributed by atoms with E-state index < -0.39 is 5.82 Å². The van der Waals surface area contributed by atoms with Crippen molar-refractivity contribution in [3.8, 4) is 5.75 Å². The summed E-state index contributed by atoms with van der Waals surface area (Å²) in [6.07, 6.45) is -0.310. The molecule has 0 bridgehead atoms. The number of ether oxygens (including phenoxy) is 1. The molecule has 2 atom stereocenters. The normalized spacial score (nSPS) is 13.3. The van der Waals surface area contributed by atoms with Crippen LogP contribution in [0.2, 0.25) is 0 Å². The number of rotatable bonds is 8. The van der Waals surface area contributed by atoms with E-state index in [4.69, 9.17) is 4.74 Å². The number of halogens is 1. The minimum atomic E-state index is -0.402. The van der Waals surface area contributed by atoms with Crippen molar-refractivity contribution in [2.45, 2.75) is 26.0 Å². The van der Waals surface area contributed by atoms with Crippen molar-refractivity contribution < 1.29 is 13.9 Å². The highest BCUT2D eigenvalue weighted by Gasteiger charge is 2.12. The summed E-state index contributed by atoms with van der Waals surface area (Å²) >= 11 is 0. The number of hydrogen-bond acceptors (Lipinski definition) is 3. The maximum absolute atomic E-state index is 13.8. The molecule has 0 spiro atoms. The summed E-state index contributed by atoms with van der Waals surface area (Å²) in [5.74, 6) is 0.184. The molecule has 29 heavy (non-hydrogen) atoms. The Morgan fingerprint density at radius 1 is 1.10 bits per heavy atom. The van der Waals surface area contributed by atoms with E-state index in [1.54, 1.807) is 32.3 Å². The number of hydrogen-bond donors (Lipinski definition) is 2. The van der Waals surface area contributed by atoms with Crippen LogP contribution in [0.15, 0.2) is 59.6 Å². The lowest BCUT2D eigenvalue weighted by Gasteiger charge is -2.21. The Balaban J connectivity index is 2.01. The molecular weight excluding hydrogens is 371 g/mol. The first-order chi connectivity index (χ1) is 13.9. The molecule has 0 saturated carbocycles. The zero-order chi connectivity index (χ0) is 21.2. The minimum Gasteiger partial charge on any atom is -0.486 e. The number of guanidine groups is 1. The molecule has 0 aromatic heterocycles. The van der Waals surface area contributed by atoms with Gasteiger partial charge in [0.25, 0.3) is 0 Å². The van der Waals surface area contributed by atoms with Gasteiger partial charge in [0.15, 0.2) is 17.5 Å². The second-order valence-corrected chi connectivity index (χ2v) is 6.97. The van der Waals surface area contributed by atoms with Gasteiger partial charge in [-0.1, -0.05) is 42.5 Å². The number of nitrogens with one attached hydrogen (secondary N) is 2. The maximum atomic E-state index is 13.8. The standard InChI is InChI=1S/C22H29FN4O2/c1-16(29-20-13-9-8-12-19(20)23)14-24-22(25-15-21(28)27(3)4)26-17(2)18-10-6-5-7-11-18/h5-13,16-17H,14-15H2,1-4H3,(H2,24,25,26). The predicted molar refractivity (Wildman–Crippen MR) is 113 cm³/mol. The van der Waals surface area contributed by atoms with Crippen LogP contribution in [0.4, 0.5) is 4.39 Å². The van der Waals surface area contributed by atoms with Crippen LogP contribution in [-0.4, -0.2) is 50.1 Å². The van der Waals surface area contributed by atoms with Crippen LogP contribution in [0.25, 0.3) is 0 Å². The van der Waals surface area contributed by atoms with Crippen molar-refractivity contribution in [2.75, 3.05) is 27.2 Å². The Kier molecular flexibility index (Phi) is 8.45. The third kappa shape index (κ3) is 7.44. The van der Waals surface area contributed by atoms with Crippen molar-refractivity contribution in [1.82, 2.24) is 15.5 Å². The molecule has 2 rings (SSSR count). The molecule has 0 heterocycles. The fourth-order valence-electron chi connectivity index (χ4n) is 2.51. The molecule has 0 aliphatic carbocycles. The van der Waals surface area contributed by atoms with E-state index in [2.05, 4.69) is 15.6 Å². The summed E-state index contributed by atoms with van der Waals surface area (Å²) < 4.78 is 19.4. The summed E-state index contributed by atoms with van der Waals surface area (Å²) in [5, 5.41) is 6.47. The molecule has 0 fully saturated rings. The first-order valence-corrected chi connectivity index (χ1v) is 9.58. The van der Waals surface area contributed by atoms with Gasteiger partial charge < -0.3 is 20.3 Å². The lowest BCUT2D eigenvalue weighted by molar-refractivity contribution is -0.127. The van der Waals surface area contributed by atoms with E-state index in [-0.39, 0.29) is 30.3 Å². The van der Waals surface area contributed by atoms with E-state index in [9.17, 15) is 9.18 Å². The molecule has 0 saturated heterocycles. The van der Waals surface area contributed by atoms with Crippen LogP contribution < -0.4 is 15.4 Å². The highest BCUT2D eigenvalue weighted by molar-refractivity contribution is 5.85. The van der Waals surface area contributed by atoms with Crippen LogP contribution in [0.3, 0.4) is 0 Å². The molecule has 7 heteroatoms. The number of likely N-dealkylation sites (N-methyl/N-ethyl adjacent to an activating group) is 1. The molecule has 0 radical (unpaired) electrons.